The highest BCUT2D eigenvalue weighted by atomic mass is 19.1. The van der Waals surface area contributed by atoms with Gasteiger partial charge in [-0.3, -0.25) is 0 Å². The summed E-state index contributed by atoms with van der Waals surface area (Å²) in [7, 11) is 1.50. The van der Waals surface area contributed by atoms with Crippen LogP contribution in [-0.2, 0) is 0 Å². The summed E-state index contributed by atoms with van der Waals surface area (Å²) in [5, 5.41) is 3.68. The van der Waals surface area contributed by atoms with Crippen molar-refractivity contribution in [1.29, 1.82) is 0 Å². The lowest BCUT2D eigenvalue weighted by Gasteiger charge is -2.10. The standard InChI is InChI=1S/C14H12FN5O/c1-21-13-10-5-6-17-12(11(10)19-14(16)20-13)18-9-4-2-3-8(15)7-9/h2-7H,1H3,(H,17,18)(H2,16,19,20). The Bertz CT molecular complexity index is 808. The first kappa shape index (κ1) is 13.0. The molecule has 21 heavy (non-hydrogen) atoms. The van der Waals surface area contributed by atoms with Crippen molar-refractivity contribution >= 4 is 28.4 Å². The Kier molecular flexibility index (Phi) is 3.23. The lowest BCUT2D eigenvalue weighted by atomic mass is 10.2. The predicted octanol–water partition coefficient (Wildman–Crippen LogP) is 2.50. The van der Waals surface area contributed by atoms with Gasteiger partial charge in [-0.05, 0) is 24.3 Å². The van der Waals surface area contributed by atoms with Crippen molar-refractivity contribution < 1.29 is 9.13 Å². The van der Waals surface area contributed by atoms with Crippen molar-refractivity contribution in [2.24, 2.45) is 0 Å². The van der Waals surface area contributed by atoms with Crippen LogP contribution in [0.3, 0.4) is 0 Å². The molecule has 0 atom stereocenters. The van der Waals surface area contributed by atoms with Gasteiger partial charge in [-0.25, -0.2) is 14.4 Å². The predicted molar refractivity (Wildman–Crippen MR) is 78.0 cm³/mol. The number of fused-ring (bicyclic) bond motifs is 1. The number of benzene rings is 1. The number of nitrogens with one attached hydrogen (secondary N) is 1. The second kappa shape index (κ2) is 5.20. The number of pyridine rings is 1. The number of rotatable bonds is 3. The summed E-state index contributed by atoms with van der Waals surface area (Å²) in [6.45, 7) is 0. The minimum atomic E-state index is -0.341. The first-order chi connectivity index (χ1) is 10.2. The van der Waals surface area contributed by atoms with Crippen LogP contribution >= 0.6 is 0 Å². The van der Waals surface area contributed by atoms with E-state index >= 15 is 0 Å². The smallest absolute Gasteiger partial charge is 0.226 e. The molecule has 0 fully saturated rings. The summed E-state index contributed by atoms with van der Waals surface area (Å²) >= 11 is 0. The van der Waals surface area contributed by atoms with Gasteiger partial charge in [0.25, 0.3) is 0 Å². The molecule has 0 saturated carbocycles. The zero-order valence-electron chi connectivity index (χ0n) is 11.2. The number of halogens is 1. The Morgan fingerprint density at radius 3 is 2.86 bits per heavy atom. The summed E-state index contributed by atoms with van der Waals surface area (Å²) in [6, 6.07) is 7.79. The molecular weight excluding hydrogens is 273 g/mol. The highest BCUT2D eigenvalue weighted by molar-refractivity contribution is 5.93. The van der Waals surface area contributed by atoms with Crippen LogP contribution < -0.4 is 15.8 Å². The van der Waals surface area contributed by atoms with E-state index in [0.717, 1.165) is 0 Å². The molecule has 0 unspecified atom stereocenters. The largest absolute Gasteiger partial charge is 0.480 e. The first-order valence-corrected chi connectivity index (χ1v) is 6.16. The molecule has 0 saturated heterocycles. The number of hydrogen-bond donors (Lipinski definition) is 2. The summed E-state index contributed by atoms with van der Waals surface area (Å²) in [6.07, 6.45) is 1.59. The molecule has 7 heteroatoms. The van der Waals surface area contributed by atoms with Gasteiger partial charge in [0, 0.05) is 11.9 Å². The maximum absolute atomic E-state index is 13.2. The molecule has 3 aromatic rings. The SMILES string of the molecule is COc1nc(N)nc2c(Nc3cccc(F)c3)nccc12. The van der Waals surface area contributed by atoms with Crippen LogP contribution in [0.1, 0.15) is 0 Å². The lowest BCUT2D eigenvalue weighted by Crippen LogP contribution is -2.02. The first-order valence-electron chi connectivity index (χ1n) is 6.16. The van der Waals surface area contributed by atoms with Gasteiger partial charge in [-0.15, -0.1) is 0 Å². The molecule has 2 heterocycles. The average Bonchev–Trinajstić information content (AvgIpc) is 2.47. The van der Waals surface area contributed by atoms with E-state index in [0.29, 0.717) is 28.3 Å². The molecule has 0 amide bonds. The number of nitrogens with zero attached hydrogens (tertiary/aromatic N) is 3. The fourth-order valence-electron chi connectivity index (χ4n) is 1.99. The van der Waals surface area contributed by atoms with Crippen molar-refractivity contribution in [2.45, 2.75) is 0 Å². The third-order valence-corrected chi connectivity index (χ3v) is 2.88. The van der Waals surface area contributed by atoms with Crippen LogP contribution in [0.4, 0.5) is 21.8 Å². The Morgan fingerprint density at radius 1 is 1.24 bits per heavy atom. The van der Waals surface area contributed by atoms with E-state index in [2.05, 4.69) is 20.3 Å². The van der Waals surface area contributed by atoms with Crippen molar-refractivity contribution in [3.63, 3.8) is 0 Å². The fourth-order valence-corrected chi connectivity index (χ4v) is 1.99. The number of hydrogen-bond acceptors (Lipinski definition) is 6. The van der Waals surface area contributed by atoms with Crippen molar-refractivity contribution in [3.8, 4) is 5.88 Å². The summed E-state index contributed by atoms with van der Waals surface area (Å²) < 4.78 is 18.4. The average molecular weight is 285 g/mol. The highest BCUT2D eigenvalue weighted by Gasteiger charge is 2.11. The van der Waals surface area contributed by atoms with Gasteiger partial charge in [0.1, 0.15) is 11.3 Å². The molecule has 3 N–H and O–H groups in total. The van der Waals surface area contributed by atoms with Crippen LogP contribution in [0.15, 0.2) is 36.5 Å². The number of anilines is 3. The molecule has 0 bridgehead atoms. The molecule has 0 aliphatic carbocycles. The zero-order valence-corrected chi connectivity index (χ0v) is 11.2. The monoisotopic (exact) mass is 285 g/mol. The van der Waals surface area contributed by atoms with Crippen LogP contribution in [-0.4, -0.2) is 22.1 Å². The summed E-state index contributed by atoms with van der Waals surface area (Å²) in [5.74, 6) is 0.550. The minimum absolute atomic E-state index is 0.0784. The number of ether oxygens (including phenoxy) is 1. The Hall–Kier alpha value is -2.96. The number of methoxy groups -OCH3 is 1. The van der Waals surface area contributed by atoms with Gasteiger partial charge in [0.2, 0.25) is 11.8 Å². The van der Waals surface area contributed by atoms with E-state index in [9.17, 15) is 4.39 Å². The third kappa shape index (κ3) is 2.53. The van der Waals surface area contributed by atoms with E-state index in [-0.39, 0.29) is 11.8 Å². The van der Waals surface area contributed by atoms with Crippen LogP contribution in [0.5, 0.6) is 5.88 Å². The minimum Gasteiger partial charge on any atom is -0.480 e. The van der Waals surface area contributed by atoms with Crippen LogP contribution in [0, 0.1) is 5.82 Å². The molecular formula is C14H12FN5O. The normalized spacial score (nSPS) is 10.6. The summed E-state index contributed by atoms with van der Waals surface area (Å²) in [5.41, 5.74) is 6.74. The number of nitrogens with two attached hydrogens (primary N) is 1. The maximum Gasteiger partial charge on any atom is 0.226 e. The summed E-state index contributed by atoms with van der Waals surface area (Å²) in [4.78, 5) is 12.4. The molecule has 2 aromatic heterocycles. The lowest BCUT2D eigenvalue weighted by molar-refractivity contribution is 0.403. The van der Waals surface area contributed by atoms with Gasteiger partial charge < -0.3 is 15.8 Å². The molecule has 6 nitrogen and oxygen atoms in total. The second-order valence-corrected chi connectivity index (χ2v) is 4.28. The molecule has 0 aliphatic rings. The maximum atomic E-state index is 13.2. The van der Waals surface area contributed by atoms with Gasteiger partial charge >= 0.3 is 0 Å². The van der Waals surface area contributed by atoms with Crippen LogP contribution in [0.25, 0.3) is 10.9 Å². The van der Waals surface area contributed by atoms with E-state index < -0.39 is 0 Å². The third-order valence-electron chi connectivity index (χ3n) is 2.88. The second-order valence-electron chi connectivity index (χ2n) is 4.28. The topological polar surface area (TPSA) is 86.0 Å². The van der Waals surface area contributed by atoms with Gasteiger partial charge in [0.15, 0.2) is 5.82 Å². The fraction of sp³-hybridized carbons (Fsp3) is 0.0714. The molecule has 0 spiro atoms. The molecule has 1 aromatic carbocycles. The number of nitrogen functional groups attached to an aromatic ring is 1. The Labute approximate surface area is 119 Å². The Balaban J connectivity index is 2.12. The van der Waals surface area contributed by atoms with Crippen molar-refractivity contribution in [1.82, 2.24) is 15.0 Å². The quantitative estimate of drug-likeness (QED) is 0.769. The molecule has 106 valence electrons. The van der Waals surface area contributed by atoms with Gasteiger partial charge in [0.05, 0.1) is 12.5 Å². The highest BCUT2D eigenvalue weighted by Crippen LogP contribution is 2.28. The van der Waals surface area contributed by atoms with E-state index in [4.69, 9.17) is 10.5 Å². The van der Waals surface area contributed by atoms with Crippen molar-refractivity contribution in [3.05, 3.63) is 42.3 Å². The Morgan fingerprint density at radius 2 is 2.10 bits per heavy atom. The van der Waals surface area contributed by atoms with E-state index in [1.54, 1.807) is 24.4 Å². The van der Waals surface area contributed by atoms with Crippen molar-refractivity contribution in [2.75, 3.05) is 18.2 Å². The van der Waals surface area contributed by atoms with E-state index in [1.165, 1.54) is 19.2 Å². The number of aromatic nitrogens is 3. The van der Waals surface area contributed by atoms with E-state index in [1.807, 2.05) is 0 Å². The van der Waals surface area contributed by atoms with Crippen LogP contribution in [0.2, 0.25) is 0 Å². The zero-order chi connectivity index (χ0) is 14.8. The molecule has 3 rings (SSSR count). The molecule has 0 aliphatic heterocycles. The van der Waals surface area contributed by atoms with Gasteiger partial charge in [-0.2, -0.15) is 4.98 Å². The van der Waals surface area contributed by atoms with Gasteiger partial charge in [-0.1, -0.05) is 6.07 Å². The molecule has 0 radical (unpaired) electrons.